The molecule has 2 aliphatic carbocycles. The quantitative estimate of drug-likeness (QED) is 0.311. The zero-order valence-corrected chi connectivity index (χ0v) is 22.6. The molecule has 1 heterocycles. The van der Waals surface area contributed by atoms with E-state index < -0.39 is 0 Å². The monoisotopic (exact) mass is 475 g/mol. The van der Waals surface area contributed by atoms with E-state index in [0.717, 1.165) is 31.0 Å². The van der Waals surface area contributed by atoms with Crippen molar-refractivity contribution in [2.45, 2.75) is 103 Å². The fourth-order valence-corrected chi connectivity index (χ4v) is 10.9. The van der Waals surface area contributed by atoms with Gasteiger partial charge in [0.1, 0.15) is 25.3 Å². The van der Waals surface area contributed by atoms with Crippen LogP contribution in [0.5, 0.6) is 0 Å². The molecule has 0 unspecified atom stereocenters. The van der Waals surface area contributed by atoms with E-state index in [-0.39, 0.29) is 7.92 Å². The van der Waals surface area contributed by atoms with E-state index >= 15 is 0 Å². The lowest BCUT2D eigenvalue weighted by Gasteiger charge is -2.39. The average molecular weight is 476 g/mol. The molecule has 0 spiro atoms. The molecule has 5 rings (SSSR count). The van der Waals surface area contributed by atoms with Crippen molar-refractivity contribution in [3.63, 3.8) is 0 Å². The molecular weight excluding hydrogens is 431 g/mol. The van der Waals surface area contributed by atoms with Crippen LogP contribution in [0.1, 0.15) is 86.5 Å². The number of hydrogen-bond acceptors (Lipinski definition) is 1. The van der Waals surface area contributed by atoms with Gasteiger partial charge in [-0.15, -0.1) is 0 Å². The molecular formula is C31H44N2P+. The largest absolute Gasteiger partial charge is 0.260 e. The third-order valence-electron chi connectivity index (χ3n) is 8.43. The Balaban J connectivity index is 1.41. The standard InChI is InChI=1S/C31H44N2P/c1-24-20-25(2)31(26(3)21-24)33-19-18-32(23-33)22-27-12-10-11-17-30(27)34(28-13-6-4-7-14-28)29-15-8-5-9-16-29/h10-12,17,20-21,23,28-29H,4-9,13-16,18-19,22H2,1-3H3/q+1. The highest BCUT2D eigenvalue weighted by Crippen LogP contribution is 2.55. The smallest absolute Gasteiger partial charge is 0.239 e. The zero-order valence-electron chi connectivity index (χ0n) is 21.7. The lowest BCUT2D eigenvalue weighted by molar-refractivity contribution is -0.529. The van der Waals surface area contributed by atoms with E-state index in [4.69, 9.17) is 0 Å². The topological polar surface area (TPSA) is 6.25 Å². The molecule has 34 heavy (non-hydrogen) atoms. The van der Waals surface area contributed by atoms with Gasteiger partial charge in [0, 0.05) is 5.56 Å². The maximum atomic E-state index is 2.58. The van der Waals surface area contributed by atoms with E-state index in [2.05, 4.69) is 73.0 Å². The van der Waals surface area contributed by atoms with Gasteiger partial charge in [-0.1, -0.05) is 88.4 Å². The van der Waals surface area contributed by atoms with Crippen molar-refractivity contribution in [1.82, 2.24) is 0 Å². The molecule has 182 valence electrons. The lowest BCUT2D eigenvalue weighted by atomic mass is 9.99. The molecule has 2 fully saturated rings. The number of rotatable bonds is 6. The molecule has 2 aromatic carbocycles. The van der Waals surface area contributed by atoms with Crippen LogP contribution < -0.4 is 10.2 Å². The van der Waals surface area contributed by atoms with Gasteiger partial charge in [-0.05, 0) is 74.2 Å². The first-order valence-corrected chi connectivity index (χ1v) is 15.4. The Morgan fingerprint density at radius 1 is 0.824 bits per heavy atom. The Morgan fingerprint density at radius 2 is 1.41 bits per heavy atom. The summed E-state index contributed by atoms with van der Waals surface area (Å²) in [6.45, 7) is 10.0. The molecule has 2 saturated carbocycles. The summed E-state index contributed by atoms with van der Waals surface area (Å²) in [7, 11) is -0.0561. The first kappa shape index (κ1) is 24.1. The molecule has 0 N–H and O–H groups in total. The van der Waals surface area contributed by atoms with Gasteiger partial charge >= 0.3 is 0 Å². The van der Waals surface area contributed by atoms with Crippen molar-refractivity contribution in [2.24, 2.45) is 0 Å². The molecule has 0 bridgehead atoms. The van der Waals surface area contributed by atoms with Gasteiger partial charge in [-0.3, -0.25) is 4.58 Å². The Hall–Kier alpha value is -1.66. The summed E-state index contributed by atoms with van der Waals surface area (Å²) in [5, 5.41) is 1.76. The number of nitrogens with zero attached hydrogens (tertiary/aromatic N) is 2. The van der Waals surface area contributed by atoms with E-state index in [1.807, 2.05) is 0 Å². The summed E-state index contributed by atoms with van der Waals surface area (Å²) in [6.07, 6.45) is 17.1. The molecule has 0 atom stereocenters. The molecule has 0 amide bonds. The fourth-order valence-electron chi connectivity index (χ4n) is 6.99. The van der Waals surface area contributed by atoms with Crippen LogP contribution in [-0.4, -0.2) is 35.3 Å². The molecule has 0 radical (unpaired) electrons. The minimum Gasteiger partial charge on any atom is -0.260 e. The Morgan fingerprint density at radius 3 is 2.03 bits per heavy atom. The van der Waals surface area contributed by atoms with Crippen molar-refractivity contribution in [2.75, 3.05) is 18.0 Å². The lowest BCUT2D eigenvalue weighted by Crippen LogP contribution is -2.28. The minimum absolute atomic E-state index is 0.0561. The van der Waals surface area contributed by atoms with Crippen molar-refractivity contribution in [3.8, 4) is 0 Å². The molecule has 0 saturated heterocycles. The van der Waals surface area contributed by atoms with Gasteiger partial charge in [0.15, 0.2) is 0 Å². The average Bonchev–Trinajstić information content (AvgIpc) is 3.29. The highest BCUT2D eigenvalue weighted by molar-refractivity contribution is 7.67. The maximum absolute atomic E-state index is 2.58. The second-order valence-electron chi connectivity index (χ2n) is 11.1. The first-order chi connectivity index (χ1) is 16.6. The maximum Gasteiger partial charge on any atom is 0.239 e. The van der Waals surface area contributed by atoms with E-state index in [9.17, 15) is 0 Å². The predicted molar refractivity (Wildman–Crippen MR) is 150 cm³/mol. The van der Waals surface area contributed by atoms with Crippen molar-refractivity contribution in [1.29, 1.82) is 0 Å². The SMILES string of the molecule is Cc1cc(C)c(N2C=[N+](Cc3ccccc3P(C3CCCCC3)C3CCCCC3)CC2)c(C)c1. The number of benzene rings is 2. The molecule has 2 nitrogen and oxygen atoms in total. The van der Waals surface area contributed by atoms with Crippen molar-refractivity contribution >= 4 is 25.3 Å². The molecule has 0 aromatic heterocycles. The van der Waals surface area contributed by atoms with Crippen LogP contribution in [-0.2, 0) is 6.54 Å². The number of anilines is 1. The minimum atomic E-state index is -0.0561. The fraction of sp³-hybridized carbons (Fsp3) is 0.581. The summed E-state index contributed by atoms with van der Waals surface area (Å²) in [6, 6.07) is 14.3. The number of aryl methyl sites for hydroxylation is 3. The molecule has 3 aliphatic rings. The second kappa shape index (κ2) is 10.9. The number of hydrogen-bond donors (Lipinski definition) is 0. The summed E-state index contributed by atoms with van der Waals surface area (Å²) < 4.78 is 2.58. The van der Waals surface area contributed by atoms with Crippen molar-refractivity contribution in [3.05, 3.63) is 58.7 Å². The Kier molecular flexibility index (Phi) is 7.74. The van der Waals surface area contributed by atoms with Gasteiger partial charge in [0.05, 0.1) is 0 Å². The summed E-state index contributed by atoms with van der Waals surface area (Å²) in [5.41, 5.74) is 9.11. The second-order valence-corrected chi connectivity index (χ2v) is 13.9. The molecule has 2 aromatic rings. The van der Waals surface area contributed by atoms with E-state index in [1.54, 1.807) is 10.9 Å². The highest BCUT2D eigenvalue weighted by atomic mass is 31.1. The van der Waals surface area contributed by atoms with E-state index in [1.165, 1.54) is 86.6 Å². The van der Waals surface area contributed by atoms with Gasteiger partial charge < -0.3 is 0 Å². The van der Waals surface area contributed by atoms with Crippen LogP contribution >= 0.6 is 7.92 Å². The van der Waals surface area contributed by atoms with Crippen LogP contribution in [0, 0.1) is 20.8 Å². The molecule has 3 heteroatoms. The van der Waals surface area contributed by atoms with Gasteiger partial charge in [0.2, 0.25) is 6.34 Å². The predicted octanol–water partition coefficient (Wildman–Crippen LogP) is 7.45. The van der Waals surface area contributed by atoms with Gasteiger partial charge in [0.25, 0.3) is 0 Å². The van der Waals surface area contributed by atoms with Crippen LogP contribution in [0.3, 0.4) is 0 Å². The third-order valence-corrected chi connectivity index (χ3v) is 12.0. The van der Waals surface area contributed by atoms with Crippen molar-refractivity contribution < 1.29 is 4.58 Å². The van der Waals surface area contributed by atoms with Crippen LogP contribution in [0.15, 0.2) is 36.4 Å². The van der Waals surface area contributed by atoms with Crippen LogP contribution in [0.4, 0.5) is 5.69 Å². The summed E-state index contributed by atoms with van der Waals surface area (Å²) in [4.78, 5) is 2.50. The highest BCUT2D eigenvalue weighted by Gasteiger charge is 2.34. The van der Waals surface area contributed by atoms with Crippen LogP contribution in [0.25, 0.3) is 0 Å². The Bertz CT molecular complexity index is 973. The third kappa shape index (κ3) is 5.28. The summed E-state index contributed by atoms with van der Waals surface area (Å²) >= 11 is 0. The van der Waals surface area contributed by atoms with Gasteiger partial charge in [-0.2, -0.15) is 0 Å². The van der Waals surface area contributed by atoms with E-state index in [0.29, 0.717) is 0 Å². The Labute approximate surface area is 209 Å². The zero-order chi connectivity index (χ0) is 23.5. The summed E-state index contributed by atoms with van der Waals surface area (Å²) in [5.74, 6) is 0. The molecule has 1 aliphatic heterocycles. The van der Waals surface area contributed by atoms with Gasteiger partial charge in [-0.25, -0.2) is 4.90 Å². The first-order valence-electron chi connectivity index (χ1n) is 13.9. The van der Waals surface area contributed by atoms with Crippen LogP contribution in [0.2, 0.25) is 0 Å². The normalized spacial score (nSPS) is 20.2.